The van der Waals surface area contributed by atoms with Crippen LogP contribution in [0.4, 0.5) is 16.3 Å². The van der Waals surface area contributed by atoms with Crippen LogP contribution < -0.4 is 10.2 Å². The number of thioether (sulfide) groups is 1. The molecule has 2 amide bonds. The number of morpholine rings is 2. The molecular formula is C22H29N5O3S. The molecule has 1 atom stereocenters. The second kappa shape index (κ2) is 10.3. The number of benzene rings is 1. The minimum Gasteiger partial charge on any atom is -0.378 e. The van der Waals surface area contributed by atoms with Crippen LogP contribution in [0.1, 0.15) is 12.6 Å². The van der Waals surface area contributed by atoms with Gasteiger partial charge in [-0.2, -0.15) is 11.8 Å². The molecule has 2 aliphatic heterocycles. The number of hydrogen-bond donors (Lipinski definition) is 1. The number of nitrogens with one attached hydrogen (secondary N) is 1. The van der Waals surface area contributed by atoms with Crippen LogP contribution in [0.3, 0.4) is 0 Å². The van der Waals surface area contributed by atoms with Gasteiger partial charge in [0.1, 0.15) is 5.82 Å². The smallest absolute Gasteiger partial charge is 0.322 e. The van der Waals surface area contributed by atoms with E-state index < -0.39 is 0 Å². The van der Waals surface area contributed by atoms with Crippen LogP contribution in [0.2, 0.25) is 0 Å². The lowest BCUT2D eigenvalue weighted by Crippen LogP contribution is -2.48. The fourth-order valence-electron chi connectivity index (χ4n) is 3.72. The van der Waals surface area contributed by atoms with E-state index in [9.17, 15) is 4.79 Å². The number of aromatic nitrogens is 2. The summed E-state index contributed by atoms with van der Waals surface area (Å²) in [5.41, 5.74) is 2.69. The summed E-state index contributed by atoms with van der Waals surface area (Å²) in [6, 6.07) is 9.76. The summed E-state index contributed by atoms with van der Waals surface area (Å²) >= 11 is 1.74. The van der Waals surface area contributed by atoms with E-state index in [4.69, 9.17) is 19.4 Å². The highest BCUT2D eigenvalue weighted by molar-refractivity contribution is 7.97. The quantitative estimate of drug-likeness (QED) is 0.761. The normalized spacial score (nSPS) is 19.4. The third-order valence-electron chi connectivity index (χ3n) is 5.42. The fourth-order valence-corrected chi connectivity index (χ4v) is 4.16. The van der Waals surface area contributed by atoms with E-state index in [2.05, 4.69) is 22.5 Å². The van der Waals surface area contributed by atoms with Crippen LogP contribution in [0.25, 0.3) is 11.4 Å². The van der Waals surface area contributed by atoms with Crippen molar-refractivity contribution < 1.29 is 14.3 Å². The van der Waals surface area contributed by atoms with Gasteiger partial charge in [0.2, 0.25) is 0 Å². The number of amides is 2. The Bertz CT molecular complexity index is 889. The second-order valence-electron chi connectivity index (χ2n) is 7.70. The van der Waals surface area contributed by atoms with Crippen LogP contribution in [0.15, 0.2) is 30.3 Å². The summed E-state index contributed by atoms with van der Waals surface area (Å²) in [5, 5.41) is 2.98. The summed E-state index contributed by atoms with van der Waals surface area (Å²) in [4.78, 5) is 26.2. The maximum absolute atomic E-state index is 12.6. The van der Waals surface area contributed by atoms with Gasteiger partial charge < -0.3 is 24.6 Å². The second-order valence-corrected chi connectivity index (χ2v) is 8.56. The lowest BCUT2D eigenvalue weighted by atomic mass is 10.2. The highest BCUT2D eigenvalue weighted by Crippen LogP contribution is 2.24. The van der Waals surface area contributed by atoms with Crippen LogP contribution in [0.5, 0.6) is 0 Å². The number of hydrogen-bond acceptors (Lipinski definition) is 7. The number of carbonyl (C=O) groups excluding carboxylic acids is 1. The van der Waals surface area contributed by atoms with E-state index in [-0.39, 0.29) is 12.1 Å². The lowest BCUT2D eigenvalue weighted by molar-refractivity contribution is 0.0222. The van der Waals surface area contributed by atoms with Crippen molar-refractivity contribution in [1.82, 2.24) is 14.9 Å². The van der Waals surface area contributed by atoms with E-state index >= 15 is 0 Å². The van der Waals surface area contributed by atoms with E-state index in [1.54, 1.807) is 16.7 Å². The predicted octanol–water partition coefficient (Wildman–Crippen LogP) is 3.10. The van der Waals surface area contributed by atoms with Gasteiger partial charge in [-0.15, -0.1) is 0 Å². The van der Waals surface area contributed by atoms with Gasteiger partial charge in [0.15, 0.2) is 5.82 Å². The molecule has 1 aromatic heterocycles. The molecule has 31 heavy (non-hydrogen) atoms. The standard InChI is InChI=1S/C22H29N5O3S/c1-16-14-30-12-9-27(16)22(28)24-18-5-3-17(4-6-18)21-23-19(15-31-2)13-20(25-21)26-7-10-29-11-8-26/h3-6,13,16H,7-12,14-15H2,1-2H3,(H,24,28)/t16-/m0/s1. The Labute approximate surface area is 187 Å². The Balaban J connectivity index is 1.51. The maximum atomic E-state index is 12.6. The largest absolute Gasteiger partial charge is 0.378 e. The van der Waals surface area contributed by atoms with Crippen LogP contribution in [-0.2, 0) is 15.2 Å². The summed E-state index contributed by atoms with van der Waals surface area (Å²) in [7, 11) is 0. The molecule has 0 unspecified atom stereocenters. The average Bonchev–Trinajstić information content (AvgIpc) is 2.80. The zero-order chi connectivity index (χ0) is 21.6. The van der Waals surface area contributed by atoms with Crippen molar-refractivity contribution in [2.75, 3.05) is 62.5 Å². The fraction of sp³-hybridized carbons (Fsp3) is 0.500. The van der Waals surface area contributed by atoms with Gasteiger partial charge in [0, 0.05) is 42.7 Å². The van der Waals surface area contributed by atoms with Crippen molar-refractivity contribution in [2.45, 2.75) is 18.7 Å². The molecule has 4 rings (SSSR count). The first-order valence-electron chi connectivity index (χ1n) is 10.6. The van der Waals surface area contributed by atoms with Gasteiger partial charge in [-0.1, -0.05) is 0 Å². The third-order valence-corrected chi connectivity index (χ3v) is 6.00. The summed E-state index contributed by atoms with van der Waals surface area (Å²) in [5.74, 6) is 2.47. The van der Waals surface area contributed by atoms with Gasteiger partial charge in [0.05, 0.1) is 38.2 Å². The first-order chi connectivity index (χ1) is 15.1. The topological polar surface area (TPSA) is 79.8 Å². The van der Waals surface area contributed by atoms with Gasteiger partial charge in [-0.25, -0.2) is 14.8 Å². The molecule has 2 saturated heterocycles. The number of urea groups is 1. The molecule has 1 N–H and O–H groups in total. The van der Waals surface area contributed by atoms with Crippen LogP contribution in [0, 0.1) is 0 Å². The summed E-state index contributed by atoms with van der Waals surface area (Å²) in [6.45, 7) is 6.84. The molecule has 0 saturated carbocycles. The van der Waals surface area contributed by atoms with E-state index in [1.165, 1.54) is 0 Å². The van der Waals surface area contributed by atoms with Gasteiger partial charge >= 0.3 is 6.03 Å². The summed E-state index contributed by atoms with van der Waals surface area (Å²) < 4.78 is 10.9. The Morgan fingerprint density at radius 1 is 1.13 bits per heavy atom. The molecule has 2 aliphatic rings. The van der Waals surface area contributed by atoms with Gasteiger partial charge in [0.25, 0.3) is 0 Å². The Morgan fingerprint density at radius 2 is 1.87 bits per heavy atom. The Morgan fingerprint density at radius 3 is 2.58 bits per heavy atom. The molecule has 166 valence electrons. The predicted molar refractivity (Wildman–Crippen MR) is 124 cm³/mol. The SMILES string of the molecule is CSCc1cc(N2CCOCC2)nc(-c2ccc(NC(=O)N3CCOC[C@@H]3C)cc2)n1. The van der Waals surface area contributed by atoms with Crippen LogP contribution in [-0.4, -0.2) is 79.3 Å². The molecular weight excluding hydrogens is 414 g/mol. The molecule has 0 radical (unpaired) electrons. The Kier molecular flexibility index (Phi) is 7.26. The van der Waals surface area contributed by atoms with Crippen molar-refractivity contribution >= 4 is 29.3 Å². The van der Waals surface area contributed by atoms with E-state index in [0.29, 0.717) is 38.8 Å². The summed E-state index contributed by atoms with van der Waals surface area (Å²) in [6.07, 6.45) is 2.07. The first-order valence-corrected chi connectivity index (χ1v) is 12.0. The molecule has 0 spiro atoms. The van der Waals surface area contributed by atoms with Crippen LogP contribution >= 0.6 is 11.8 Å². The number of anilines is 2. The molecule has 8 nitrogen and oxygen atoms in total. The van der Waals surface area contributed by atoms with Crippen molar-refractivity contribution in [3.63, 3.8) is 0 Å². The molecule has 2 aromatic rings. The molecule has 9 heteroatoms. The highest BCUT2D eigenvalue weighted by atomic mass is 32.2. The zero-order valence-electron chi connectivity index (χ0n) is 18.0. The number of nitrogens with zero attached hydrogens (tertiary/aromatic N) is 4. The maximum Gasteiger partial charge on any atom is 0.322 e. The third kappa shape index (κ3) is 5.47. The molecule has 0 aliphatic carbocycles. The molecule has 1 aromatic carbocycles. The Hall–Kier alpha value is -2.36. The van der Waals surface area contributed by atoms with Crippen molar-refractivity contribution in [3.8, 4) is 11.4 Å². The van der Waals surface area contributed by atoms with E-state index in [0.717, 1.165) is 41.6 Å². The number of ether oxygens (including phenoxy) is 2. The highest BCUT2D eigenvalue weighted by Gasteiger charge is 2.23. The minimum absolute atomic E-state index is 0.0687. The van der Waals surface area contributed by atoms with Gasteiger partial charge in [-0.05, 0) is 37.4 Å². The van der Waals surface area contributed by atoms with Gasteiger partial charge in [-0.3, -0.25) is 0 Å². The van der Waals surface area contributed by atoms with Crippen molar-refractivity contribution in [1.29, 1.82) is 0 Å². The number of carbonyl (C=O) groups is 1. The first kappa shape index (κ1) is 21.9. The lowest BCUT2D eigenvalue weighted by Gasteiger charge is -2.33. The molecule has 0 bridgehead atoms. The molecule has 2 fully saturated rings. The number of rotatable bonds is 5. The minimum atomic E-state index is -0.101. The van der Waals surface area contributed by atoms with Crippen molar-refractivity contribution in [2.24, 2.45) is 0 Å². The molecule has 3 heterocycles. The average molecular weight is 444 g/mol. The van der Waals surface area contributed by atoms with E-state index in [1.807, 2.05) is 31.2 Å². The van der Waals surface area contributed by atoms with Crippen molar-refractivity contribution in [3.05, 3.63) is 36.0 Å². The monoisotopic (exact) mass is 443 g/mol. The zero-order valence-corrected chi connectivity index (χ0v) is 18.9.